The van der Waals surface area contributed by atoms with Gasteiger partial charge in [0.2, 0.25) is 0 Å². The Kier molecular flexibility index (Phi) is 5.30. The minimum absolute atomic E-state index is 0.820. The summed E-state index contributed by atoms with van der Waals surface area (Å²) in [6.45, 7) is 0. The van der Waals surface area contributed by atoms with Crippen molar-refractivity contribution in [2.24, 2.45) is 0 Å². The lowest BCUT2D eigenvalue weighted by Gasteiger charge is -2.20. The third-order valence-electron chi connectivity index (χ3n) is 4.94. The van der Waals surface area contributed by atoms with Gasteiger partial charge in [0.1, 0.15) is 31.4 Å². The van der Waals surface area contributed by atoms with E-state index in [0.29, 0.717) is 0 Å². The molecule has 3 heteroatoms. The molecule has 1 heterocycles. The molecule has 0 fully saturated rings. The van der Waals surface area contributed by atoms with E-state index in [0.717, 1.165) is 39.5 Å². The molecular formula is C26H24NO2+. The number of hydrogen-bond donors (Lipinski definition) is 0. The fraction of sp³-hybridized carbons (Fsp3) is 0.115. The van der Waals surface area contributed by atoms with Crippen molar-refractivity contribution in [2.75, 3.05) is 21.2 Å². The van der Waals surface area contributed by atoms with Gasteiger partial charge in [0.05, 0.1) is 7.11 Å². The third kappa shape index (κ3) is 4.14. The van der Waals surface area contributed by atoms with Crippen molar-refractivity contribution in [3.8, 4) is 5.75 Å². The predicted molar refractivity (Wildman–Crippen MR) is 119 cm³/mol. The average molecular weight is 382 g/mol. The maximum absolute atomic E-state index is 6.30. The molecule has 0 bridgehead atoms. The number of ether oxygens (including phenoxy) is 2. The summed E-state index contributed by atoms with van der Waals surface area (Å²) in [5.41, 5.74) is 5.50. The molecule has 3 nitrogen and oxygen atoms in total. The van der Waals surface area contributed by atoms with Crippen LogP contribution in [0.15, 0.2) is 102 Å². The van der Waals surface area contributed by atoms with Crippen LogP contribution in [-0.4, -0.2) is 31.5 Å². The number of methoxy groups -OCH3 is 1. The number of nitrogens with zero attached hydrogens (tertiary/aromatic N) is 1. The smallest absolute Gasteiger partial charge is 0.199 e. The van der Waals surface area contributed by atoms with Gasteiger partial charge in [0, 0.05) is 23.3 Å². The molecule has 0 saturated carbocycles. The normalized spacial score (nSPS) is 15.6. The lowest BCUT2D eigenvalue weighted by atomic mass is 9.97. The summed E-state index contributed by atoms with van der Waals surface area (Å²) in [4.78, 5) is 0. The second-order valence-corrected chi connectivity index (χ2v) is 7.11. The van der Waals surface area contributed by atoms with Crippen LogP contribution in [0.4, 0.5) is 0 Å². The largest absolute Gasteiger partial charge is 0.497 e. The Morgan fingerprint density at radius 2 is 1.28 bits per heavy atom. The van der Waals surface area contributed by atoms with Gasteiger partial charge in [-0.3, -0.25) is 0 Å². The van der Waals surface area contributed by atoms with E-state index in [1.807, 2.05) is 56.6 Å². The van der Waals surface area contributed by atoms with Crippen LogP contribution in [0.3, 0.4) is 0 Å². The summed E-state index contributed by atoms with van der Waals surface area (Å²) in [5, 5.41) is 0. The van der Waals surface area contributed by atoms with Gasteiger partial charge >= 0.3 is 0 Å². The fourth-order valence-corrected chi connectivity index (χ4v) is 3.26. The molecule has 144 valence electrons. The molecule has 29 heavy (non-hydrogen) atoms. The van der Waals surface area contributed by atoms with Crippen LogP contribution in [0.25, 0.3) is 11.5 Å². The van der Waals surface area contributed by atoms with Crippen molar-refractivity contribution in [1.29, 1.82) is 0 Å². The van der Waals surface area contributed by atoms with E-state index >= 15 is 0 Å². The van der Waals surface area contributed by atoms with E-state index in [-0.39, 0.29) is 0 Å². The maximum atomic E-state index is 6.30. The highest BCUT2D eigenvalue weighted by atomic mass is 16.5. The first-order valence-corrected chi connectivity index (χ1v) is 9.60. The minimum atomic E-state index is 0.820. The first kappa shape index (κ1) is 18.8. The highest BCUT2D eigenvalue weighted by Gasteiger charge is 2.17. The van der Waals surface area contributed by atoms with E-state index in [1.54, 1.807) is 7.11 Å². The van der Waals surface area contributed by atoms with Gasteiger partial charge in [-0.05, 0) is 59.7 Å². The molecule has 2 aromatic carbocycles. The van der Waals surface area contributed by atoms with Crippen LogP contribution >= 0.6 is 0 Å². The van der Waals surface area contributed by atoms with Gasteiger partial charge < -0.3 is 9.47 Å². The highest BCUT2D eigenvalue weighted by molar-refractivity contribution is 6.02. The van der Waals surface area contributed by atoms with Gasteiger partial charge in [0.25, 0.3) is 0 Å². The van der Waals surface area contributed by atoms with Gasteiger partial charge in [-0.25, -0.2) is 4.58 Å². The third-order valence-corrected chi connectivity index (χ3v) is 4.94. The first-order chi connectivity index (χ1) is 14.1. The zero-order valence-electron chi connectivity index (χ0n) is 16.9. The molecular weight excluding hydrogens is 358 g/mol. The molecule has 0 spiro atoms. The lowest BCUT2D eigenvalue weighted by molar-refractivity contribution is -0.462. The van der Waals surface area contributed by atoms with Crippen molar-refractivity contribution >= 4 is 17.2 Å². The Balaban J connectivity index is 1.79. The molecule has 1 aliphatic carbocycles. The Bertz CT molecular complexity index is 1070. The first-order valence-electron chi connectivity index (χ1n) is 9.60. The van der Waals surface area contributed by atoms with E-state index in [4.69, 9.17) is 9.47 Å². The summed E-state index contributed by atoms with van der Waals surface area (Å²) in [7, 11) is 5.77. The second-order valence-electron chi connectivity index (χ2n) is 7.11. The zero-order chi connectivity index (χ0) is 20.2. The average Bonchev–Trinajstić information content (AvgIpc) is 2.79. The number of hydrogen-bond acceptors (Lipinski definition) is 2. The van der Waals surface area contributed by atoms with Crippen LogP contribution in [0.5, 0.6) is 5.75 Å². The molecule has 2 aromatic rings. The van der Waals surface area contributed by atoms with Gasteiger partial charge in [-0.1, -0.05) is 30.3 Å². The summed E-state index contributed by atoms with van der Waals surface area (Å²) in [5.74, 6) is 2.48. The van der Waals surface area contributed by atoms with Crippen molar-refractivity contribution in [3.63, 3.8) is 0 Å². The standard InChI is InChI=1S/C26H24NO2/c1-27(2)23-13-9-19(10-14-23)22-17-25(20-7-5-4-6-8-20)29-26(18-22)21-11-15-24(28-3)16-12-21/h4-18H,1-3H3/q+1. The van der Waals surface area contributed by atoms with Crippen molar-refractivity contribution in [1.82, 2.24) is 0 Å². The molecule has 0 saturated heterocycles. The predicted octanol–water partition coefficient (Wildman–Crippen LogP) is 5.24. The van der Waals surface area contributed by atoms with E-state index in [1.165, 1.54) is 5.71 Å². The Labute approximate surface area is 171 Å². The SMILES string of the molecule is COc1ccc(C2=CC(=C3C=CC(=[N+](C)C)C=C3)C=C(c3ccccc3)O2)cc1. The van der Waals surface area contributed by atoms with E-state index < -0.39 is 0 Å². The van der Waals surface area contributed by atoms with Gasteiger partial charge in [-0.2, -0.15) is 0 Å². The van der Waals surface area contributed by atoms with Crippen LogP contribution in [0.1, 0.15) is 11.1 Å². The van der Waals surface area contributed by atoms with Crippen molar-refractivity contribution in [2.45, 2.75) is 0 Å². The quantitative estimate of drug-likeness (QED) is 0.677. The molecule has 0 atom stereocenters. The van der Waals surface area contributed by atoms with Crippen molar-refractivity contribution < 1.29 is 14.0 Å². The van der Waals surface area contributed by atoms with Gasteiger partial charge in [-0.15, -0.1) is 0 Å². The number of allylic oxidation sites excluding steroid dienone is 8. The van der Waals surface area contributed by atoms with Crippen LogP contribution < -0.4 is 4.74 Å². The van der Waals surface area contributed by atoms with Crippen LogP contribution in [-0.2, 0) is 4.74 Å². The zero-order valence-corrected chi connectivity index (χ0v) is 16.9. The highest BCUT2D eigenvalue weighted by Crippen LogP contribution is 2.34. The Morgan fingerprint density at radius 1 is 0.690 bits per heavy atom. The summed E-state index contributed by atoms with van der Waals surface area (Å²) < 4.78 is 13.7. The van der Waals surface area contributed by atoms with E-state index in [2.05, 4.69) is 53.2 Å². The lowest BCUT2D eigenvalue weighted by Crippen LogP contribution is -2.10. The maximum Gasteiger partial charge on any atom is 0.199 e. The number of benzene rings is 2. The molecule has 0 amide bonds. The fourth-order valence-electron chi connectivity index (χ4n) is 3.26. The van der Waals surface area contributed by atoms with Crippen LogP contribution in [0, 0.1) is 0 Å². The monoisotopic (exact) mass is 382 g/mol. The van der Waals surface area contributed by atoms with Gasteiger partial charge in [0.15, 0.2) is 5.71 Å². The minimum Gasteiger partial charge on any atom is -0.497 e. The molecule has 2 aliphatic rings. The summed E-state index contributed by atoms with van der Waals surface area (Å²) in [6, 6.07) is 18.1. The molecule has 0 N–H and O–H groups in total. The van der Waals surface area contributed by atoms with Crippen LogP contribution in [0.2, 0.25) is 0 Å². The Hall–Kier alpha value is -3.59. The van der Waals surface area contributed by atoms with E-state index in [9.17, 15) is 0 Å². The molecule has 1 aliphatic heterocycles. The molecule has 0 radical (unpaired) electrons. The molecule has 0 unspecified atom stereocenters. The summed E-state index contributed by atoms with van der Waals surface area (Å²) >= 11 is 0. The summed E-state index contributed by atoms with van der Waals surface area (Å²) in [6.07, 6.45) is 12.8. The second kappa shape index (κ2) is 8.19. The molecule has 4 rings (SSSR count). The topological polar surface area (TPSA) is 21.5 Å². The number of rotatable bonds is 3. The van der Waals surface area contributed by atoms with Crippen molar-refractivity contribution in [3.05, 3.63) is 113 Å². The Morgan fingerprint density at radius 3 is 1.83 bits per heavy atom. The molecule has 0 aromatic heterocycles.